The molecule has 9 aromatic carbocycles. The monoisotopic (exact) mass is 743 g/mol. The molecule has 0 bridgehead atoms. The number of furan rings is 3. The van der Waals surface area contributed by atoms with Gasteiger partial charge in [-0.05, 0) is 70.8 Å². The van der Waals surface area contributed by atoms with E-state index in [2.05, 4.69) is 169 Å². The first-order valence-corrected chi connectivity index (χ1v) is 19.6. The Balaban J connectivity index is 1.02. The summed E-state index contributed by atoms with van der Waals surface area (Å²) in [7, 11) is 0. The van der Waals surface area contributed by atoms with Crippen molar-refractivity contribution in [3.8, 4) is 33.4 Å². The third-order valence-corrected chi connectivity index (χ3v) is 11.5. The minimum Gasteiger partial charge on any atom is -0.456 e. The van der Waals surface area contributed by atoms with Crippen molar-refractivity contribution in [2.24, 2.45) is 0 Å². The van der Waals surface area contributed by atoms with Gasteiger partial charge in [0.25, 0.3) is 0 Å². The number of fused-ring (bicyclic) bond motifs is 9. The molecule has 58 heavy (non-hydrogen) atoms. The molecule has 3 heterocycles. The molecule has 0 aliphatic rings. The van der Waals surface area contributed by atoms with Crippen LogP contribution in [0, 0.1) is 0 Å². The molecule has 12 rings (SSSR count). The molecule has 0 N–H and O–H groups in total. The van der Waals surface area contributed by atoms with Crippen molar-refractivity contribution in [1.82, 2.24) is 0 Å². The highest BCUT2D eigenvalue weighted by Gasteiger charge is 2.23. The summed E-state index contributed by atoms with van der Waals surface area (Å²) in [6, 6.07) is 70.0. The van der Waals surface area contributed by atoms with Crippen LogP contribution in [0.3, 0.4) is 0 Å². The van der Waals surface area contributed by atoms with E-state index in [1.165, 1.54) is 5.56 Å². The van der Waals surface area contributed by atoms with Gasteiger partial charge in [0.1, 0.15) is 27.9 Å². The Bertz CT molecular complexity index is 3480. The summed E-state index contributed by atoms with van der Waals surface area (Å²) in [6.07, 6.45) is 0. The van der Waals surface area contributed by atoms with Crippen molar-refractivity contribution >= 4 is 82.9 Å². The van der Waals surface area contributed by atoms with E-state index >= 15 is 0 Å². The highest BCUT2D eigenvalue weighted by molar-refractivity contribution is 6.24. The van der Waals surface area contributed by atoms with Crippen LogP contribution in [0.15, 0.2) is 213 Å². The lowest BCUT2D eigenvalue weighted by Crippen LogP contribution is -2.10. The molecule has 0 unspecified atom stereocenters. The van der Waals surface area contributed by atoms with Gasteiger partial charge in [0.2, 0.25) is 0 Å². The maximum atomic E-state index is 7.03. The van der Waals surface area contributed by atoms with E-state index in [0.717, 1.165) is 111 Å². The van der Waals surface area contributed by atoms with Crippen LogP contribution in [0.5, 0.6) is 0 Å². The topological polar surface area (TPSA) is 42.7 Å². The highest BCUT2D eigenvalue weighted by Crippen LogP contribution is 2.47. The number of anilines is 3. The molecule has 4 heteroatoms. The number of hydrogen-bond donors (Lipinski definition) is 0. The fourth-order valence-corrected chi connectivity index (χ4v) is 8.80. The van der Waals surface area contributed by atoms with Crippen LogP contribution < -0.4 is 4.90 Å². The van der Waals surface area contributed by atoms with Crippen LogP contribution >= 0.6 is 0 Å². The average molecular weight is 744 g/mol. The number of rotatable bonds is 6. The standard InChI is InChI=1S/C54H33NO3/c1-3-13-34(14-4-1)35-25-29-38(30-26-35)55(46-22-12-21-42-41-17-7-9-23-47(41)57-53(42)46)39-31-27-36(28-32-39)40-19-11-20-43-45-33-49-51(44-18-8-10-24-48(44)56-49)50(54(45)58-52(40)43)37-15-5-2-6-16-37/h1-33H. The number of benzene rings is 9. The second-order valence-corrected chi connectivity index (χ2v) is 14.8. The molecule has 12 aromatic rings. The first-order valence-electron chi connectivity index (χ1n) is 19.6. The largest absolute Gasteiger partial charge is 0.456 e. The van der Waals surface area contributed by atoms with Gasteiger partial charge in [-0.2, -0.15) is 0 Å². The number of hydrogen-bond acceptors (Lipinski definition) is 4. The molecule has 0 atom stereocenters. The number of para-hydroxylation sites is 4. The fraction of sp³-hybridized carbons (Fsp3) is 0. The molecule has 0 saturated heterocycles. The first-order chi connectivity index (χ1) is 28.8. The Hall–Kier alpha value is -7.82. The van der Waals surface area contributed by atoms with Crippen molar-refractivity contribution in [2.45, 2.75) is 0 Å². The van der Waals surface area contributed by atoms with Gasteiger partial charge in [-0.25, -0.2) is 0 Å². The summed E-state index contributed by atoms with van der Waals surface area (Å²) >= 11 is 0. The van der Waals surface area contributed by atoms with E-state index in [9.17, 15) is 0 Å². The van der Waals surface area contributed by atoms with Gasteiger partial charge in [-0.15, -0.1) is 0 Å². The molecule has 272 valence electrons. The SMILES string of the molecule is c1ccc(-c2ccc(N(c3ccc(-c4cccc5c4oc4c(-c6ccccc6)c6c(cc45)oc4ccccc46)cc3)c3cccc4c3oc3ccccc34)cc2)cc1. The van der Waals surface area contributed by atoms with E-state index < -0.39 is 0 Å². The van der Waals surface area contributed by atoms with Crippen molar-refractivity contribution in [3.63, 3.8) is 0 Å². The average Bonchev–Trinajstić information content (AvgIpc) is 3.98. The summed E-state index contributed by atoms with van der Waals surface area (Å²) in [6.45, 7) is 0. The smallest absolute Gasteiger partial charge is 0.159 e. The maximum Gasteiger partial charge on any atom is 0.159 e. The molecular formula is C54H33NO3. The predicted molar refractivity (Wildman–Crippen MR) is 239 cm³/mol. The van der Waals surface area contributed by atoms with Gasteiger partial charge in [0.05, 0.1) is 5.69 Å². The van der Waals surface area contributed by atoms with Crippen LogP contribution in [0.25, 0.3) is 99.2 Å². The van der Waals surface area contributed by atoms with Crippen molar-refractivity contribution in [1.29, 1.82) is 0 Å². The van der Waals surface area contributed by atoms with Crippen molar-refractivity contribution < 1.29 is 13.3 Å². The van der Waals surface area contributed by atoms with Gasteiger partial charge >= 0.3 is 0 Å². The summed E-state index contributed by atoms with van der Waals surface area (Å²) in [4.78, 5) is 2.29. The van der Waals surface area contributed by atoms with Gasteiger partial charge < -0.3 is 18.2 Å². The van der Waals surface area contributed by atoms with Crippen LogP contribution in [0.4, 0.5) is 17.1 Å². The maximum absolute atomic E-state index is 7.03. The first kappa shape index (κ1) is 32.4. The Morgan fingerprint density at radius 1 is 0.310 bits per heavy atom. The lowest BCUT2D eigenvalue weighted by atomic mass is 9.96. The van der Waals surface area contributed by atoms with Gasteiger partial charge in [0.15, 0.2) is 5.58 Å². The van der Waals surface area contributed by atoms with Crippen LogP contribution in [0.1, 0.15) is 0 Å². The minimum absolute atomic E-state index is 0.847. The summed E-state index contributed by atoms with van der Waals surface area (Å²) in [5.41, 5.74) is 14.7. The zero-order chi connectivity index (χ0) is 38.2. The third kappa shape index (κ3) is 5.02. The lowest BCUT2D eigenvalue weighted by molar-refractivity contribution is 0.665. The number of nitrogens with zero attached hydrogens (tertiary/aromatic N) is 1. The van der Waals surface area contributed by atoms with Gasteiger partial charge in [-0.3, -0.25) is 0 Å². The van der Waals surface area contributed by atoms with Crippen molar-refractivity contribution in [3.05, 3.63) is 200 Å². The van der Waals surface area contributed by atoms with Crippen molar-refractivity contribution in [2.75, 3.05) is 4.90 Å². The van der Waals surface area contributed by atoms with Gasteiger partial charge in [-0.1, -0.05) is 152 Å². The fourth-order valence-electron chi connectivity index (χ4n) is 8.80. The Kier molecular flexibility index (Phi) is 7.20. The normalized spacial score (nSPS) is 11.8. The molecule has 0 saturated carbocycles. The molecular weight excluding hydrogens is 711 g/mol. The second kappa shape index (κ2) is 12.9. The third-order valence-electron chi connectivity index (χ3n) is 11.5. The Morgan fingerprint density at radius 2 is 0.862 bits per heavy atom. The highest BCUT2D eigenvalue weighted by atomic mass is 16.3. The minimum atomic E-state index is 0.847. The molecule has 0 spiro atoms. The van der Waals surface area contributed by atoms with E-state index in [4.69, 9.17) is 13.3 Å². The Morgan fingerprint density at radius 3 is 1.59 bits per heavy atom. The van der Waals surface area contributed by atoms with E-state index in [1.807, 2.05) is 36.4 Å². The van der Waals surface area contributed by atoms with E-state index in [-0.39, 0.29) is 0 Å². The lowest BCUT2D eigenvalue weighted by Gasteiger charge is -2.26. The van der Waals surface area contributed by atoms with Crippen LogP contribution in [-0.2, 0) is 0 Å². The molecule has 0 aliphatic heterocycles. The van der Waals surface area contributed by atoms with Crippen LogP contribution in [-0.4, -0.2) is 0 Å². The molecule has 0 fully saturated rings. The summed E-state index contributed by atoms with van der Waals surface area (Å²) in [5, 5.41) is 6.41. The quantitative estimate of drug-likeness (QED) is 0.170. The molecule has 4 nitrogen and oxygen atoms in total. The molecule has 0 amide bonds. The van der Waals surface area contributed by atoms with E-state index in [0.29, 0.717) is 0 Å². The molecule has 0 aliphatic carbocycles. The summed E-state index contributed by atoms with van der Waals surface area (Å²) in [5.74, 6) is 0. The van der Waals surface area contributed by atoms with Gasteiger partial charge in [0, 0.05) is 54.8 Å². The molecule has 3 aromatic heterocycles. The second-order valence-electron chi connectivity index (χ2n) is 14.8. The summed E-state index contributed by atoms with van der Waals surface area (Å²) < 4.78 is 20.1. The zero-order valence-corrected chi connectivity index (χ0v) is 31.2. The Labute approximate surface area is 333 Å². The predicted octanol–water partition coefficient (Wildman–Crippen LogP) is 15.9. The molecule has 0 radical (unpaired) electrons. The van der Waals surface area contributed by atoms with Crippen LogP contribution in [0.2, 0.25) is 0 Å². The van der Waals surface area contributed by atoms with E-state index in [1.54, 1.807) is 0 Å². The zero-order valence-electron chi connectivity index (χ0n) is 31.2.